The molecule has 0 aliphatic carbocycles. The van der Waals surface area contributed by atoms with Crippen LogP contribution in [-0.2, 0) is 33.3 Å². The summed E-state index contributed by atoms with van der Waals surface area (Å²) >= 11 is 11.3. The second-order valence-electron chi connectivity index (χ2n) is 25.6. The fourth-order valence-electron chi connectivity index (χ4n) is 9.86. The Labute approximate surface area is 612 Å². The summed E-state index contributed by atoms with van der Waals surface area (Å²) in [6, 6.07) is 33.5. The van der Waals surface area contributed by atoms with E-state index in [2.05, 4.69) is 42.2 Å². The van der Waals surface area contributed by atoms with Crippen LogP contribution in [0.2, 0.25) is 10.0 Å². The second-order valence-corrected chi connectivity index (χ2v) is 31.0. The first-order valence-corrected chi connectivity index (χ1v) is 37.2. The molecule has 9 N–H and O–H groups in total. The molecule has 4 aliphatic rings. The van der Waals surface area contributed by atoms with E-state index >= 15 is 0 Å². The lowest BCUT2D eigenvalue weighted by molar-refractivity contribution is 0.0193. The molecule has 0 saturated carbocycles. The average Bonchev–Trinajstić information content (AvgIpc) is 0.804. The first kappa shape index (κ1) is 85.1. The van der Waals surface area contributed by atoms with Crippen molar-refractivity contribution in [3.63, 3.8) is 0 Å². The summed E-state index contributed by atoms with van der Waals surface area (Å²) in [5.41, 5.74) is 6.34. The maximum Gasteiger partial charge on any atom is 0.410 e. The predicted octanol–water partition coefficient (Wildman–Crippen LogP) is 13.9. The van der Waals surface area contributed by atoms with E-state index < -0.39 is 53.8 Å². The number of urea groups is 3. The van der Waals surface area contributed by atoms with Crippen molar-refractivity contribution >= 4 is 112 Å². The van der Waals surface area contributed by atoms with Crippen molar-refractivity contribution in [3.05, 3.63) is 179 Å². The summed E-state index contributed by atoms with van der Waals surface area (Å²) in [7, 11) is -2.15. The molecule has 6 aromatic rings. The van der Waals surface area contributed by atoms with E-state index in [0.717, 1.165) is 57.9 Å². The van der Waals surface area contributed by atoms with E-state index in [4.69, 9.17) is 49.1 Å². The van der Waals surface area contributed by atoms with Gasteiger partial charge in [-0.3, -0.25) is 0 Å². The standard InChI is InChI=1S/C18H19ClFN3O3S.C17H24FN3O3.C12H16FN3O.C10H20N2O2.C7H4FNO.C6H4Cl2O2S/c19-13-4-6-17(7-5-13)27(25,26)23-10-8-15(9-11-23)21-18(24)22-16-3-1-2-14(20)12-16;1-17(2,3)24-16(23)21-9-7-13(8-10-21)19-15(22)20-14-6-4-5-12(18)11-14;13-9-2-1-3-11(8-9)16-12(17)15-10-4-6-14-7-5-10;1-10(2,3)14-9(13)12-6-4-8(11)5-7-12;8-6-2-1-3-7(4-6)9-5-10;7-5-1-3-6(4-2-5)11(8,9)10/h1-7,12,15H,8-11H2,(H2,21,22,24);4-6,11,13H,7-10H2,1-3H3,(H2,19,20,22);1-3,8,10,14H,4-7H2,(H2,15,16,17);8H,4-7,11H2,1-3H3;1-4H;1-4H. The highest BCUT2D eigenvalue weighted by Gasteiger charge is 2.31. The van der Waals surface area contributed by atoms with Gasteiger partial charge < -0.3 is 62.2 Å². The van der Waals surface area contributed by atoms with Gasteiger partial charge in [-0.2, -0.15) is 9.30 Å². The molecule has 0 spiro atoms. The molecule has 4 heterocycles. The van der Waals surface area contributed by atoms with E-state index in [1.54, 1.807) is 46.2 Å². The number of carbonyl (C=O) groups excluding carboxylic acids is 6. The number of anilines is 3. The Morgan fingerprint density at radius 2 is 0.845 bits per heavy atom. The second kappa shape index (κ2) is 41.6. The molecule has 0 radical (unpaired) electrons. The van der Waals surface area contributed by atoms with Crippen LogP contribution < -0.4 is 43.0 Å². The Morgan fingerprint density at radius 3 is 1.19 bits per heavy atom. The summed E-state index contributed by atoms with van der Waals surface area (Å²) in [6.07, 6.45) is 6.65. The summed E-state index contributed by atoms with van der Waals surface area (Å²) in [4.78, 5) is 75.7. The number of hydrogen-bond acceptors (Lipinski definition) is 15. The van der Waals surface area contributed by atoms with Crippen LogP contribution in [-0.4, -0.2) is 155 Å². The molecular weight excluding hydrogens is 1450 g/mol. The highest BCUT2D eigenvalue weighted by molar-refractivity contribution is 8.13. The number of nitrogens with two attached hydrogens (primary N) is 1. The molecule has 0 atom stereocenters. The SMILES string of the molecule is CC(C)(C)OC(=O)N1CCC(N)CC1.CC(C)(C)OC(=O)N1CCC(NC(=O)Nc2cccc(F)c2)CC1.O=C(Nc1cccc(F)c1)NC1CCN(S(=O)(=O)c2ccc(Cl)cc2)CC1.O=C(Nc1cccc(F)c1)NC1CCNCC1.O=C=Nc1cccc(F)c1.O=S(=O)(Cl)c1ccc(Cl)cc1. The molecule has 4 aliphatic heterocycles. The minimum absolute atomic E-state index is 0.0303. The van der Waals surface area contributed by atoms with Crippen molar-refractivity contribution in [1.29, 1.82) is 0 Å². The van der Waals surface area contributed by atoms with Gasteiger partial charge in [0.15, 0.2) is 0 Å². The third kappa shape index (κ3) is 33.6. The molecule has 6 aromatic carbocycles. The van der Waals surface area contributed by atoms with Crippen molar-refractivity contribution in [2.24, 2.45) is 10.7 Å². The number of aliphatic imine (C=N–C) groups is 1. The number of amides is 8. The van der Waals surface area contributed by atoms with Gasteiger partial charge in [0, 0.05) is 107 Å². The van der Waals surface area contributed by atoms with Crippen LogP contribution in [0.1, 0.15) is 92.9 Å². The first-order valence-electron chi connectivity index (χ1n) is 32.7. The summed E-state index contributed by atoms with van der Waals surface area (Å²) in [5, 5.41) is 20.5. The molecule has 0 bridgehead atoms. The molecule has 0 unspecified atom stereocenters. The van der Waals surface area contributed by atoms with Crippen LogP contribution in [0.25, 0.3) is 0 Å². The Morgan fingerprint density at radius 1 is 0.505 bits per heavy atom. The highest BCUT2D eigenvalue weighted by atomic mass is 35.7. The number of sulfonamides is 1. The van der Waals surface area contributed by atoms with Crippen LogP contribution in [0.3, 0.4) is 0 Å². The van der Waals surface area contributed by atoms with E-state index in [-0.39, 0.29) is 69.7 Å². The van der Waals surface area contributed by atoms with Gasteiger partial charge in [0.2, 0.25) is 16.1 Å². The third-order valence-corrected chi connectivity index (χ3v) is 18.7. The minimum atomic E-state index is -3.61. The molecule has 103 heavy (non-hydrogen) atoms. The molecule has 0 aromatic heterocycles. The maximum absolute atomic E-state index is 13.2. The number of nitrogens with one attached hydrogen (secondary N) is 7. The molecule has 8 amide bonds. The van der Waals surface area contributed by atoms with Crippen LogP contribution >= 0.6 is 33.9 Å². The quantitative estimate of drug-likeness (QED) is 0.0274. The number of benzene rings is 6. The van der Waals surface area contributed by atoms with Crippen LogP contribution in [0.5, 0.6) is 0 Å². The van der Waals surface area contributed by atoms with Crippen molar-refractivity contribution in [3.8, 4) is 0 Å². The summed E-state index contributed by atoms with van der Waals surface area (Å²) in [6.45, 7) is 16.1. The van der Waals surface area contributed by atoms with Gasteiger partial charge in [-0.1, -0.05) is 47.5 Å². The number of nitrogens with zero attached hydrogens (tertiary/aromatic N) is 4. The average molecular weight is 1540 g/mol. The number of piperidine rings is 4. The van der Waals surface area contributed by atoms with E-state index in [9.17, 15) is 63.2 Å². The molecule has 24 nitrogen and oxygen atoms in total. The normalized spacial score (nSPS) is 15.3. The molecule has 33 heteroatoms. The molecule has 10 rings (SSSR count). The smallest absolute Gasteiger partial charge is 0.410 e. The maximum atomic E-state index is 13.2. The zero-order valence-corrected chi connectivity index (χ0v) is 61.6. The Balaban J connectivity index is 0.000000230. The monoisotopic (exact) mass is 1530 g/mol. The Bertz CT molecular complexity index is 4000. The van der Waals surface area contributed by atoms with Gasteiger partial charge in [0.25, 0.3) is 9.05 Å². The number of ether oxygens (including phenoxy) is 2. The predicted molar refractivity (Wildman–Crippen MR) is 389 cm³/mol. The van der Waals surface area contributed by atoms with Gasteiger partial charge in [0.1, 0.15) is 34.5 Å². The Kier molecular flexibility index (Phi) is 34.4. The summed E-state index contributed by atoms with van der Waals surface area (Å²) in [5.74, 6) is -1.60. The topological polar surface area (TPSA) is 321 Å². The van der Waals surface area contributed by atoms with Gasteiger partial charge >= 0.3 is 30.3 Å². The van der Waals surface area contributed by atoms with Crippen LogP contribution in [0.4, 0.5) is 64.3 Å². The van der Waals surface area contributed by atoms with Crippen molar-refractivity contribution in [2.45, 2.75) is 138 Å². The molecule has 4 fully saturated rings. The number of likely N-dealkylation sites (tertiary alicyclic amines) is 2. The van der Waals surface area contributed by atoms with Gasteiger partial charge in [0.05, 0.1) is 15.5 Å². The first-order chi connectivity index (χ1) is 48.5. The zero-order chi connectivity index (χ0) is 75.9. The summed E-state index contributed by atoms with van der Waals surface area (Å²) < 4.78 is 110. The van der Waals surface area contributed by atoms with Gasteiger partial charge in [-0.05, 0) is 221 Å². The van der Waals surface area contributed by atoms with Gasteiger partial charge in [-0.25, -0.2) is 63.2 Å². The van der Waals surface area contributed by atoms with Crippen molar-refractivity contribution in [1.82, 2.24) is 35.4 Å². The number of hydrogen-bond donors (Lipinski definition) is 8. The Hall–Kier alpha value is -8.58. The van der Waals surface area contributed by atoms with Crippen LogP contribution in [0.15, 0.2) is 160 Å². The van der Waals surface area contributed by atoms with E-state index in [0.29, 0.717) is 79.0 Å². The fraction of sp³-hybridized carbons (Fsp3) is 0.400. The number of carbonyl (C=O) groups is 5. The minimum Gasteiger partial charge on any atom is -0.444 e. The molecular formula is C70H87Cl3F4N12O12S2. The molecule has 560 valence electrons. The lowest BCUT2D eigenvalue weighted by Crippen LogP contribution is -2.48. The van der Waals surface area contributed by atoms with Crippen molar-refractivity contribution in [2.75, 3.05) is 68.3 Å². The van der Waals surface area contributed by atoms with Crippen LogP contribution in [0, 0.1) is 23.3 Å². The lowest BCUT2D eigenvalue weighted by atomic mass is 10.1. The zero-order valence-electron chi connectivity index (χ0n) is 57.7. The number of rotatable bonds is 10. The molecule has 4 saturated heterocycles. The van der Waals surface area contributed by atoms with E-state index in [1.165, 1.54) is 114 Å². The largest absolute Gasteiger partial charge is 0.444 e. The fourth-order valence-corrected chi connectivity index (χ4v) is 12.3. The van der Waals surface area contributed by atoms with Gasteiger partial charge in [-0.15, -0.1) is 0 Å². The number of halogens is 7. The lowest BCUT2D eigenvalue weighted by Gasteiger charge is -2.33. The van der Waals surface area contributed by atoms with Crippen molar-refractivity contribution < 1.29 is 72.6 Å². The number of isocyanates is 1. The highest BCUT2D eigenvalue weighted by Crippen LogP contribution is 2.24. The van der Waals surface area contributed by atoms with E-state index in [1.807, 2.05) is 41.5 Å². The third-order valence-electron chi connectivity index (χ3n) is 14.9.